The number of hydrogen-bond acceptors (Lipinski definition) is 5. The fraction of sp³-hybridized carbons (Fsp3) is 0.429. The highest BCUT2D eigenvalue weighted by atomic mass is 16.7. The lowest BCUT2D eigenvalue weighted by Gasteiger charge is -2.36. The van der Waals surface area contributed by atoms with Gasteiger partial charge in [0.05, 0.1) is 11.3 Å². The Bertz CT molecular complexity index is 463. The van der Waals surface area contributed by atoms with Gasteiger partial charge in [-0.3, -0.25) is 0 Å². The molecule has 5 heteroatoms. The van der Waals surface area contributed by atoms with Crippen molar-refractivity contribution in [3.8, 4) is 0 Å². The number of oxime groups is 1. The van der Waals surface area contributed by atoms with E-state index in [1.54, 1.807) is 12.1 Å². The van der Waals surface area contributed by atoms with Gasteiger partial charge in [0.2, 0.25) is 0 Å². The fourth-order valence-electron chi connectivity index (χ4n) is 2.63. The van der Waals surface area contributed by atoms with Crippen LogP contribution in [0.2, 0.25) is 0 Å². The Hall–Kier alpha value is -1.72. The van der Waals surface area contributed by atoms with Gasteiger partial charge in [0, 0.05) is 38.0 Å². The molecule has 2 N–H and O–H groups in total. The summed E-state index contributed by atoms with van der Waals surface area (Å²) in [6, 6.07) is 8.95. The van der Waals surface area contributed by atoms with E-state index in [9.17, 15) is 4.79 Å². The second-order valence-electron chi connectivity index (χ2n) is 4.97. The molecule has 100 valence electrons. The van der Waals surface area contributed by atoms with E-state index in [0.717, 1.165) is 31.9 Å². The van der Waals surface area contributed by atoms with Crippen LogP contribution in [0.5, 0.6) is 0 Å². The Kier molecular flexibility index (Phi) is 3.57. The van der Waals surface area contributed by atoms with E-state index in [1.165, 1.54) is 0 Å². The highest BCUT2D eigenvalue weighted by molar-refractivity contribution is 5.93. The van der Waals surface area contributed by atoms with Gasteiger partial charge in [0.1, 0.15) is 0 Å². The summed E-state index contributed by atoms with van der Waals surface area (Å²) in [7, 11) is 0. The number of benzene rings is 1. The minimum absolute atomic E-state index is 0.330. The van der Waals surface area contributed by atoms with Crippen LogP contribution in [0.15, 0.2) is 35.5 Å². The van der Waals surface area contributed by atoms with Crippen molar-refractivity contribution in [3.63, 3.8) is 0 Å². The molecule has 2 aliphatic heterocycles. The third-order valence-electron chi connectivity index (χ3n) is 3.64. The van der Waals surface area contributed by atoms with Crippen LogP contribution in [0, 0.1) is 11.8 Å². The van der Waals surface area contributed by atoms with E-state index in [2.05, 4.69) is 15.8 Å². The second kappa shape index (κ2) is 5.50. The molecule has 2 fully saturated rings. The van der Waals surface area contributed by atoms with Gasteiger partial charge in [0.25, 0.3) is 0 Å². The maximum absolute atomic E-state index is 11.8. The predicted molar refractivity (Wildman–Crippen MR) is 72.0 cm³/mol. The molecule has 5 nitrogen and oxygen atoms in total. The maximum atomic E-state index is 11.8. The van der Waals surface area contributed by atoms with Crippen molar-refractivity contribution in [1.29, 1.82) is 0 Å². The van der Waals surface area contributed by atoms with E-state index >= 15 is 0 Å². The highest BCUT2D eigenvalue weighted by Gasteiger charge is 2.33. The van der Waals surface area contributed by atoms with Gasteiger partial charge < -0.3 is 15.5 Å². The van der Waals surface area contributed by atoms with Crippen molar-refractivity contribution >= 4 is 11.7 Å². The minimum atomic E-state index is -0.391. The Morgan fingerprint density at radius 2 is 1.63 bits per heavy atom. The Morgan fingerprint density at radius 3 is 2.21 bits per heavy atom. The van der Waals surface area contributed by atoms with Gasteiger partial charge in [-0.05, 0) is 12.1 Å². The summed E-state index contributed by atoms with van der Waals surface area (Å²) in [5, 5.41) is 10.9. The zero-order valence-corrected chi connectivity index (χ0v) is 10.6. The quantitative estimate of drug-likeness (QED) is 0.604. The maximum Gasteiger partial charge on any atom is 0.365 e. The first-order chi connectivity index (χ1) is 9.34. The van der Waals surface area contributed by atoms with Crippen molar-refractivity contribution in [3.05, 3.63) is 35.9 Å². The summed E-state index contributed by atoms with van der Waals surface area (Å²) in [6.45, 7) is 3.58. The predicted octanol–water partition coefficient (Wildman–Crippen LogP) is 0.638. The van der Waals surface area contributed by atoms with Crippen LogP contribution < -0.4 is 10.6 Å². The lowest BCUT2D eigenvalue weighted by molar-refractivity contribution is 0.0508. The Morgan fingerprint density at radius 1 is 1.05 bits per heavy atom. The summed E-state index contributed by atoms with van der Waals surface area (Å²) >= 11 is 0. The van der Waals surface area contributed by atoms with Crippen molar-refractivity contribution in [1.82, 2.24) is 10.6 Å². The number of carbonyl (C=O) groups excluding carboxylic acids is 1. The average molecular weight is 259 g/mol. The van der Waals surface area contributed by atoms with Gasteiger partial charge in [-0.25, -0.2) is 4.79 Å². The Balaban J connectivity index is 1.70. The van der Waals surface area contributed by atoms with E-state index in [-0.39, 0.29) is 0 Å². The largest absolute Gasteiger partial charge is 0.365 e. The number of piperidine rings is 2. The van der Waals surface area contributed by atoms with Gasteiger partial charge in [0.15, 0.2) is 0 Å². The first-order valence-electron chi connectivity index (χ1n) is 6.60. The summed E-state index contributed by atoms with van der Waals surface area (Å²) < 4.78 is 0. The van der Waals surface area contributed by atoms with Gasteiger partial charge in [-0.1, -0.05) is 23.4 Å². The number of nitrogens with one attached hydrogen (secondary N) is 2. The number of rotatable bonds is 2. The molecule has 0 saturated carbocycles. The molecule has 0 aliphatic carbocycles. The molecular weight excluding hydrogens is 242 g/mol. The Labute approximate surface area is 112 Å². The second-order valence-corrected chi connectivity index (χ2v) is 4.97. The van der Waals surface area contributed by atoms with Crippen molar-refractivity contribution < 1.29 is 9.63 Å². The number of nitrogens with zero attached hydrogens (tertiary/aromatic N) is 1. The lowest BCUT2D eigenvalue weighted by Crippen LogP contribution is -2.55. The van der Waals surface area contributed by atoms with Crippen LogP contribution in [0.1, 0.15) is 10.4 Å². The van der Waals surface area contributed by atoms with E-state index in [1.807, 2.05) is 18.2 Å². The molecule has 2 bridgehead atoms. The zero-order valence-electron chi connectivity index (χ0n) is 10.6. The summed E-state index contributed by atoms with van der Waals surface area (Å²) in [4.78, 5) is 16.9. The molecule has 0 aromatic heterocycles. The van der Waals surface area contributed by atoms with Crippen LogP contribution in [0.3, 0.4) is 0 Å². The third kappa shape index (κ3) is 2.67. The van der Waals surface area contributed by atoms with E-state index < -0.39 is 5.97 Å². The molecule has 2 aliphatic rings. The molecule has 0 radical (unpaired) electrons. The molecule has 0 unspecified atom stereocenters. The highest BCUT2D eigenvalue weighted by Crippen LogP contribution is 2.17. The van der Waals surface area contributed by atoms with Crippen LogP contribution in [-0.4, -0.2) is 37.9 Å². The van der Waals surface area contributed by atoms with Crippen LogP contribution >= 0.6 is 0 Å². The van der Waals surface area contributed by atoms with E-state index in [4.69, 9.17) is 4.84 Å². The van der Waals surface area contributed by atoms with E-state index in [0.29, 0.717) is 17.4 Å². The first-order valence-corrected chi connectivity index (χ1v) is 6.60. The monoisotopic (exact) mass is 259 g/mol. The molecule has 19 heavy (non-hydrogen) atoms. The topological polar surface area (TPSA) is 62.7 Å². The summed E-state index contributed by atoms with van der Waals surface area (Å²) in [5.74, 6) is 0.268. The van der Waals surface area contributed by atoms with Crippen LogP contribution in [0.4, 0.5) is 0 Å². The smallest absolute Gasteiger partial charge is 0.315 e. The minimum Gasteiger partial charge on any atom is -0.315 e. The van der Waals surface area contributed by atoms with Crippen molar-refractivity contribution in [2.45, 2.75) is 0 Å². The summed E-state index contributed by atoms with van der Waals surface area (Å²) in [6.07, 6.45) is 0. The molecule has 0 amide bonds. The molecule has 1 aromatic rings. The number of hydrogen-bond donors (Lipinski definition) is 2. The molecule has 2 heterocycles. The molecule has 0 atom stereocenters. The van der Waals surface area contributed by atoms with Gasteiger partial charge >= 0.3 is 5.97 Å². The first kappa shape index (κ1) is 12.3. The molecule has 0 spiro atoms. The molecule has 1 aromatic carbocycles. The molecule has 2 saturated heterocycles. The van der Waals surface area contributed by atoms with Crippen molar-refractivity contribution in [2.24, 2.45) is 17.0 Å². The SMILES string of the molecule is O=C(ON=C1C2CNCC1CNC2)c1ccccc1. The third-order valence-corrected chi connectivity index (χ3v) is 3.64. The number of carbonyl (C=O) groups is 1. The molecular formula is C14H17N3O2. The number of fused-ring (bicyclic) bond motifs is 2. The zero-order chi connectivity index (χ0) is 13.1. The van der Waals surface area contributed by atoms with Crippen molar-refractivity contribution in [2.75, 3.05) is 26.2 Å². The normalized spacial score (nSPS) is 25.8. The lowest BCUT2D eigenvalue weighted by atomic mass is 9.85. The van der Waals surface area contributed by atoms with Gasteiger partial charge in [-0.2, -0.15) is 0 Å². The fourth-order valence-corrected chi connectivity index (χ4v) is 2.63. The summed E-state index contributed by atoms with van der Waals surface area (Å²) in [5.41, 5.74) is 1.55. The van der Waals surface area contributed by atoms with Crippen LogP contribution in [-0.2, 0) is 4.84 Å². The average Bonchev–Trinajstić information content (AvgIpc) is 2.45. The van der Waals surface area contributed by atoms with Crippen LogP contribution in [0.25, 0.3) is 0 Å². The molecule has 3 rings (SSSR count). The standard InChI is InChI=1S/C14H17N3O2/c18-14(10-4-2-1-3-5-10)19-17-13-11-6-15-8-12(13)9-16-7-11/h1-5,11-12,15-16H,6-9H2. The van der Waals surface area contributed by atoms with Gasteiger partial charge in [-0.15, -0.1) is 0 Å².